The SMILES string of the molecule is C=CC(c1ccc2c(c1)CCN2)S(=O)(=O)n1c(C(CC)C(=O)O)cc2cc(C(F)(F)F)ccc21. The van der Waals surface area contributed by atoms with Gasteiger partial charge < -0.3 is 10.4 Å². The second-order valence-electron chi connectivity index (χ2n) is 8.20. The highest BCUT2D eigenvalue weighted by Gasteiger charge is 2.36. The Balaban J connectivity index is 1.96. The summed E-state index contributed by atoms with van der Waals surface area (Å²) in [7, 11) is -4.34. The largest absolute Gasteiger partial charge is 0.481 e. The van der Waals surface area contributed by atoms with Gasteiger partial charge in [0.1, 0.15) is 5.25 Å². The zero-order valence-electron chi connectivity index (χ0n) is 18.3. The summed E-state index contributed by atoms with van der Waals surface area (Å²) in [5.74, 6) is -2.50. The van der Waals surface area contributed by atoms with Gasteiger partial charge in [0.25, 0.3) is 0 Å². The molecular weight excluding hydrogens is 469 g/mol. The molecule has 3 aromatic rings. The molecule has 0 radical (unpaired) electrons. The monoisotopic (exact) mass is 492 g/mol. The number of aromatic nitrogens is 1. The first-order chi connectivity index (χ1) is 16.0. The van der Waals surface area contributed by atoms with Gasteiger partial charge in [0, 0.05) is 23.3 Å². The van der Waals surface area contributed by atoms with Crippen molar-refractivity contribution in [3.8, 4) is 0 Å². The Morgan fingerprint density at radius 2 is 1.97 bits per heavy atom. The lowest BCUT2D eigenvalue weighted by Crippen LogP contribution is -2.25. The van der Waals surface area contributed by atoms with Crippen LogP contribution in [0.3, 0.4) is 0 Å². The minimum absolute atomic E-state index is 0.00549. The first-order valence-corrected chi connectivity index (χ1v) is 12.2. The Hall–Kier alpha value is -3.27. The molecule has 0 saturated carbocycles. The molecule has 4 rings (SSSR count). The molecule has 0 fully saturated rings. The number of fused-ring (bicyclic) bond motifs is 2. The molecule has 1 aliphatic rings. The lowest BCUT2D eigenvalue weighted by Gasteiger charge is -2.21. The number of hydrogen-bond acceptors (Lipinski definition) is 4. The fraction of sp³-hybridized carbons (Fsp3) is 0.292. The molecule has 180 valence electrons. The maximum atomic E-state index is 13.9. The van der Waals surface area contributed by atoms with Crippen molar-refractivity contribution in [2.45, 2.75) is 37.1 Å². The molecular formula is C24H23F3N2O4S. The normalized spacial score (nSPS) is 15.5. The van der Waals surface area contributed by atoms with Crippen LogP contribution in [-0.2, 0) is 27.4 Å². The van der Waals surface area contributed by atoms with E-state index in [0.717, 1.165) is 46.4 Å². The molecule has 0 spiro atoms. The molecule has 2 N–H and O–H groups in total. The van der Waals surface area contributed by atoms with Crippen molar-refractivity contribution in [3.05, 3.63) is 77.5 Å². The zero-order chi connectivity index (χ0) is 24.8. The van der Waals surface area contributed by atoms with E-state index in [9.17, 15) is 31.5 Å². The lowest BCUT2D eigenvalue weighted by atomic mass is 10.0. The third-order valence-corrected chi connectivity index (χ3v) is 8.15. The highest BCUT2D eigenvalue weighted by atomic mass is 32.2. The van der Waals surface area contributed by atoms with Gasteiger partial charge in [-0.3, -0.25) is 4.79 Å². The second kappa shape index (κ2) is 8.50. The van der Waals surface area contributed by atoms with Crippen molar-refractivity contribution >= 4 is 32.6 Å². The number of nitrogens with one attached hydrogen (secondary N) is 1. The highest BCUT2D eigenvalue weighted by Crippen LogP contribution is 2.38. The number of halogens is 3. The van der Waals surface area contributed by atoms with E-state index in [2.05, 4.69) is 11.9 Å². The number of benzene rings is 2. The third kappa shape index (κ3) is 3.96. The number of aliphatic carboxylic acids is 1. The van der Waals surface area contributed by atoms with Crippen molar-refractivity contribution < 1.29 is 31.5 Å². The summed E-state index contributed by atoms with van der Waals surface area (Å²) in [4.78, 5) is 11.9. The Kier molecular flexibility index (Phi) is 5.97. The summed E-state index contributed by atoms with van der Waals surface area (Å²) >= 11 is 0. The molecule has 0 aliphatic carbocycles. The van der Waals surface area contributed by atoms with Gasteiger partial charge in [0.05, 0.1) is 17.0 Å². The first-order valence-electron chi connectivity index (χ1n) is 10.7. The third-order valence-electron chi connectivity index (χ3n) is 6.13. The summed E-state index contributed by atoms with van der Waals surface area (Å²) < 4.78 is 68.6. The van der Waals surface area contributed by atoms with Crippen LogP contribution in [0.15, 0.2) is 55.1 Å². The van der Waals surface area contributed by atoms with Crippen molar-refractivity contribution in [1.82, 2.24) is 3.97 Å². The molecule has 1 aromatic heterocycles. The van der Waals surface area contributed by atoms with Crippen LogP contribution in [0.25, 0.3) is 10.9 Å². The molecule has 0 bridgehead atoms. The number of nitrogens with zero attached hydrogens (tertiary/aromatic N) is 1. The predicted molar refractivity (Wildman–Crippen MR) is 123 cm³/mol. The fourth-order valence-corrected chi connectivity index (χ4v) is 6.34. The maximum Gasteiger partial charge on any atom is 0.416 e. The molecule has 34 heavy (non-hydrogen) atoms. The zero-order valence-corrected chi connectivity index (χ0v) is 19.1. The van der Waals surface area contributed by atoms with Crippen LogP contribution >= 0.6 is 0 Å². The quantitative estimate of drug-likeness (QED) is 0.437. The summed E-state index contributed by atoms with van der Waals surface area (Å²) in [5.41, 5.74) is 1.24. The number of carbonyl (C=O) groups is 1. The maximum absolute atomic E-state index is 13.9. The molecule has 2 atom stereocenters. The first kappa shape index (κ1) is 23.9. The molecule has 2 aromatic carbocycles. The van der Waals surface area contributed by atoms with Crippen LogP contribution in [0.1, 0.15) is 46.9 Å². The van der Waals surface area contributed by atoms with Gasteiger partial charge in [-0.05, 0) is 54.3 Å². The van der Waals surface area contributed by atoms with E-state index in [1.807, 2.05) is 0 Å². The number of carboxylic acids is 1. The Labute approximate surface area is 194 Å². The van der Waals surface area contributed by atoms with Gasteiger partial charge in [0.2, 0.25) is 10.0 Å². The minimum Gasteiger partial charge on any atom is -0.481 e. The van der Waals surface area contributed by atoms with Crippen LogP contribution in [-0.4, -0.2) is 30.0 Å². The molecule has 0 amide bonds. The van der Waals surface area contributed by atoms with Crippen molar-refractivity contribution in [1.29, 1.82) is 0 Å². The topological polar surface area (TPSA) is 88.4 Å². The van der Waals surface area contributed by atoms with Crippen LogP contribution in [0.5, 0.6) is 0 Å². The smallest absolute Gasteiger partial charge is 0.416 e. The van der Waals surface area contributed by atoms with Crippen LogP contribution < -0.4 is 5.32 Å². The number of alkyl halides is 3. The average Bonchev–Trinajstić information content (AvgIpc) is 3.37. The van der Waals surface area contributed by atoms with E-state index < -0.39 is 38.9 Å². The number of carboxylic acid groups (broad SMARTS) is 1. The Bertz CT molecular complexity index is 1390. The van der Waals surface area contributed by atoms with E-state index >= 15 is 0 Å². The van der Waals surface area contributed by atoms with Gasteiger partial charge in [-0.15, -0.1) is 6.58 Å². The van der Waals surface area contributed by atoms with Crippen molar-refractivity contribution in [2.75, 3.05) is 11.9 Å². The molecule has 6 nitrogen and oxygen atoms in total. The van der Waals surface area contributed by atoms with E-state index in [0.29, 0.717) is 5.56 Å². The highest BCUT2D eigenvalue weighted by molar-refractivity contribution is 7.90. The van der Waals surface area contributed by atoms with E-state index in [-0.39, 0.29) is 23.0 Å². The second-order valence-corrected chi connectivity index (χ2v) is 10.1. The number of rotatable bonds is 7. The van der Waals surface area contributed by atoms with Gasteiger partial charge in [-0.25, -0.2) is 12.4 Å². The molecule has 0 saturated heterocycles. The van der Waals surface area contributed by atoms with Crippen molar-refractivity contribution in [3.63, 3.8) is 0 Å². The summed E-state index contributed by atoms with van der Waals surface area (Å²) in [6.07, 6.45) is -2.60. The average molecular weight is 493 g/mol. The van der Waals surface area contributed by atoms with Gasteiger partial charge >= 0.3 is 12.1 Å². The van der Waals surface area contributed by atoms with E-state index in [4.69, 9.17) is 0 Å². The van der Waals surface area contributed by atoms with E-state index in [1.54, 1.807) is 25.1 Å². The van der Waals surface area contributed by atoms with Crippen LogP contribution in [0, 0.1) is 0 Å². The van der Waals surface area contributed by atoms with Crippen LogP contribution in [0.4, 0.5) is 18.9 Å². The summed E-state index contributed by atoms with van der Waals surface area (Å²) in [6.45, 7) is 6.00. The van der Waals surface area contributed by atoms with Gasteiger partial charge in [-0.1, -0.05) is 25.1 Å². The van der Waals surface area contributed by atoms with Gasteiger partial charge in [-0.2, -0.15) is 13.2 Å². The summed E-state index contributed by atoms with van der Waals surface area (Å²) in [5, 5.41) is 11.7. The molecule has 10 heteroatoms. The molecule has 2 heterocycles. The lowest BCUT2D eigenvalue weighted by molar-refractivity contribution is -0.139. The van der Waals surface area contributed by atoms with E-state index in [1.165, 1.54) is 12.1 Å². The Morgan fingerprint density at radius 3 is 2.59 bits per heavy atom. The van der Waals surface area contributed by atoms with Crippen LogP contribution in [0.2, 0.25) is 0 Å². The summed E-state index contributed by atoms with van der Waals surface area (Å²) in [6, 6.07) is 9.12. The minimum atomic E-state index is -4.63. The van der Waals surface area contributed by atoms with Crippen molar-refractivity contribution in [2.24, 2.45) is 0 Å². The number of hydrogen-bond donors (Lipinski definition) is 2. The standard InChI is InChI=1S/C24H23F3N2O4S/c1-3-18(23(30)31)21-13-16-12-17(24(25,26)27)6-8-20(16)29(21)34(32,33)22(4-2)15-5-7-19-14(11-15)9-10-28-19/h4-8,11-13,18,22,28H,2-3,9-10H2,1H3,(H,30,31). The van der Waals surface area contributed by atoms with Gasteiger partial charge in [0.15, 0.2) is 0 Å². The Morgan fingerprint density at radius 1 is 1.24 bits per heavy atom. The fourth-order valence-electron chi connectivity index (χ4n) is 4.47. The predicted octanol–water partition coefficient (Wildman–Crippen LogP) is 5.31. The molecule has 2 unspecified atom stereocenters. The number of anilines is 1. The molecule has 1 aliphatic heterocycles.